The van der Waals surface area contributed by atoms with Gasteiger partial charge in [0.25, 0.3) is 5.56 Å². The van der Waals surface area contributed by atoms with Crippen molar-refractivity contribution < 1.29 is 0 Å². The molecule has 1 N–H and O–H groups in total. The van der Waals surface area contributed by atoms with Crippen LogP contribution < -0.4 is 15.8 Å². The van der Waals surface area contributed by atoms with Gasteiger partial charge < -0.3 is 14.8 Å². The third-order valence-electron chi connectivity index (χ3n) is 3.81. The summed E-state index contributed by atoms with van der Waals surface area (Å²) < 4.78 is 1.76. The molecule has 0 aromatic carbocycles. The van der Waals surface area contributed by atoms with Crippen LogP contribution in [0.1, 0.15) is 46.1 Å². The first-order chi connectivity index (χ1) is 9.63. The molecule has 0 spiro atoms. The molecule has 5 nitrogen and oxygen atoms in total. The predicted octanol–water partition coefficient (Wildman–Crippen LogP) is 1.79. The lowest BCUT2D eigenvalue weighted by Crippen LogP contribution is -2.48. The normalized spacial score (nSPS) is 19.6. The second kappa shape index (κ2) is 6.88. The van der Waals surface area contributed by atoms with E-state index in [-0.39, 0.29) is 11.6 Å². The van der Waals surface area contributed by atoms with Crippen LogP contribution in [0.3, 0.4) is 0 Å². The quantitative estimate of drug-likeness (QED) is 0.892. The maximum Gasteiger partial charge on any atom is 0.293 e. The van der Waals surface area contributed by atoms with Crippen molar-refractivity contribution in [1.29, 1.82) is 0 Å². The van der Waals surface area contributed by atoms with Gasteiger partial charge in [-0.3, -0.25) is 4.79 Å². The molecule has 20 heavy (non-hydrogen) atoms. The Hall–Kier alpha value is -1.36. The third-order valence-corrected chi connectivity index (χ3v) is 3.81. The van der Waals surface area contributed by atoms with E-state index < -0.39 is 0 Å². The average molecular weight is 278 g/mol. The number of piperidine rings is 1. The van der Waals surface area contributed by atoms with E-state index in [0.29, 0.717) is 11.9 Å². The summed E-state index contributed by atoms with van der Waals surface area (Å²) >= 11 is 0. The van der Waals surface area contributed by atoms with E-state index in [1.807, 2.05) is 13.8 Å². The molecule has 1 atom stereocenters. The van der Waals surface area contributed by atoms with Crippen LogP contribution >= 0.6 is 0 Å². The van der Waals surface area contributed by atoms with Crippen LogP contribution in [0.5, 0.6) is 0 Å². The number of anilines is 1. The number of nitrogens with one attached hydrogen (secondary N) is 1. The molecule has 1 aliphatic heterocycles. The fourth-order valence-corrected chi connectivity index (χ4v) is 2.72. The Morgan fingerprint density at radius 2 is 2.30 bits per heavy atom. The second-order valence-electron chi connectivity index (χ2n) is 5.80. The Morgan fingerprint density at radius 3 is 3.00 bits per heavy atom. The molecular formula is C15H26N4O. The monoisotopic (exact) mass is 278 g/mol. The number of rotatable bonds is 5. The zero-order valence-electron chi connectivity index (χ0n) is 12.8. The van der Waals surface area contributed by atoms with Crippen LogP contribution in [0.2, 0.25) is 0 Å². The summed E-state index contributed by atoms with van der Waals surface area (Å²) in [5.41, 5.74) is 0.0265. The summed E-state index contributed by atoms with van der Waals surface area (Å²) in [4.78, 5) is 18.9. The molecule has 0 bridgehead atoms. The molecular weight excluding hydrogens is 252 g/mol. The van der Waals surface area contributed by atoms with Crippen molar-refractivity contribution in [3.05, 3.63) is 22.7 Å². The minimum Gasteiger partial charge on any atom is -0.350 e. The molecule has 1 fully saturated rings. The van der Waals surface area contributed by atoms with Crippen molar-refractivity contribution in [3.8, 4) is 0 Å². The van der Waals surface area contributed by atoms with Gasteiger partial charge in [-0.2, -0.15) is 0 Å². The lowest BCUT2D eigenvalue weighted by Gasteiger charge is -2.33. The molecule has 2 rings (SSSR count). The fraction of sp³-hybridized carbons (Fsp3) is 0.733. The van der Waals surface area contributed by atoms with Crippen LogP contribution in [0.15, 0.2) is 17.2 Å². The third kappa shape index (κ3) is 3.39. The maximum absolute atomic E-state index is 12.5. The lowest BCUT2D eigenvalue weighted by atomic mass is 10.1. The van der Waals surface area contributed by atoms with Crippen molar-refractivity contribution in [2.24, 2.45) is 0 Å². The second-order valence-corrected chi connectivity index (χ2v) is 5.80. The molecule has 1 aromatic heterocycles. The van der Waals surface area contributed by atoms with Crippen molar-refractivity contribution in [1.82, 2.24) is 14.9 Å². The van der Waals surface area contributed by atoms with Gasteiger partial charge in [0.15, 0.2) is 5.82 Å². The van der Waals surface area contributed by atoms with Gasteiger partial charge in [0.2, 0.25) is 0 Å². The minimum atomic E-state index is 0.0265. The van der Waals surface area contributed by atoms with E-state index in [0.717, 1.165) is 32.5 Å². The Bertz CT molecular complexity index is 483. The summed E-state index contributed by atoms with van der Waals surface area (Å²) in [5, 5.41) is 3.55. The fourth-order valence-electron chi connectivity index (χ4n) is 2.72. The molecule has 1 aliphatic rings. The summed E-state index contributed by atoms with van der Waals surface area (Å²) in [6.07, 6.45) is 6.94. The van der Waals surface area contributed by atoms with Crippen LogP contribution in [-0.2, 0) is 0 Å². The Morgan fingerprint density at radius 1 is 1.50 bits per heavy atom. The number of hydrogen-bond donors (Lipinski definition) is 1. The molecule has 1 aromatic rings. The SMILES string of the molecule is CCCNC1CCCN(c2nccn(C(C)C)c2=O)C1. The first-order valence-corrected chi connectivity index (χ1v) is 7.69. The van der Waals surface area contributed by atoms with Crippen molar-refractivity contribution in [2.75, 3.05) is 24.5 Å². The van der Waals surface area contributed by atoms with Gasteiger partial charge in [-0.05, 0) is 39.7 Å². The highest BCUT2D eigenvalue weighted by Gasteiger charge is 2.22. The summed E-state index contributed by atoms with van der Waals surface area (Å²) in [7, 11) is 0. The lowest BCUT2D eigenvalue weighted by molar-refractivity contribution is 0.420. The highest BCUT2D eigenvalue weighted by molar-refractivity contribution is 5.36. The van der Waals surface area contributed by atoms with E-state index in [1.165, 1.54) is 6.42 Å². The zero-order chi connectivity index (χ0) is 14.5. The van der Waals surface area contributed by atoms with E-state index in [1.54, 1.807) is 17.0 Å². The average Bonchev–Trinajstić information content (AvgIpc) is 2.45. The standard InChI is InChI=1S/C15H26N4O/c1-4-7-16-13-6-5-9-18(11-13)14-15(20)19(12(2)3)10-8-17-14/h8,10,12-13,16H,4-7,9,11H2,1-3H3. The van der Waals surface area contributed by atoms with E-state index in [2.05, 4.69) is 22.1 Å². The van der Waals surface area contributed by atoms with Gasteiger partial charge in [-0.1, -0.05) is 6.92 Å². The molecule has 112 valence electrons. The highest BCUT2D eigenvalue weighted by Crippen LogP contribution is 2.15. The zero-order valence-corrected chi connectivity index (χ0v) is 12.8. The molecule has 0 aliphatic carbocycles. The Kier molecular flexibility index (Phi) is 5.17. The topological polar surface area (TPSA) is 50.2 Å². The van der Waals surface area contributed by atoms with Crippen molar-refractivity contribution in [2.45, 2.75) is 52.1 Å². The molecule has 2 heterocycles. The summed E-state index contributed by atoms with van der Waals surface area (Å²) in [6, 6.07) is 0.640. The van der Waals surface area contributed by atoms with Gasteiger partial charge in [0.1, 0.15) is 0 Å². The highest BCUT2D eigenvalue weighted by atomic mass is 16.1. The van der Waals surface area contributed by atoms with E-state index in [4.69, 9.17) is 0 Å². The maximum atomic E-state index is 12.5. The molecule has 0 saturated carbocycles. The van der Waals surface area contributed by atoms with Crippen LogP contribution in [0.25, 0.3) is 0 Å². The van der Waals surface area contributed by atoms with Crippen molar-refractivity contribution in [3.63, 3.8) is 0 Å². The predicted molar refractivity (Wildman–Crippen MR) is 82.4 cm³/mol. The van der Waals surface area contributed by atoms with E-state index in [9.17, 15) is 4.79 Å². The van der Waals surface area contributed by atoms with Crippen LogP contribution in [0.4, 0.5) is 5.82 Å². The smallest absolute Gasteiger partial charge is 0.293 e. The van der Waals surface area contributed by atoms with Crippen LogP contribution in [0, 0.1) is 0 Å². The largest absolute Gasteiger partial charge is 0.350 e. The van der Waals surface area contributed by atoms with Gasteiger partial charge >= 0.3 is 0 Å². The number of hydrogen-bond acceptors (Lipinski definition) is 4. The van der Waals surface area contributed by atoms with Gasteiger partial charge in [-0.15, -0.1) is 0 Å². The molecule has 1 unspecified atom stereocenters. The Balaban J connectivity index is 2.15. The summed E-state index contributed by atoms with van der Waals surface area (Å²) in [6.45, 7) is 9.06. The number of nitrogens with zero attached hydrogens (tertiary/aromatic N) is 3. The first kappa shape index (κ1) is 15.0. The van der Waals surface area contributed by atoms with E-state index >= 15 is 0 Å². The van der Waals surface area contributed by atoms with Gasteiger partial charge in [-0.25, -0.2) is 4.98 Å². The molecule has 1 saturated heterocycles. The summed E-state index contributed by atoms with van der Waals surface area (Å²) in [5.74, 6) is 0.601. The van der Waals surface area contributed by atoms with Crippen LogP contribution in [-0.4, -0.2) is 35.2 Å². The Labute approximate surface area is 121 Å². The van der Waals surface area contributed by atoms with Gasteiger partial charge in [0, 0.05) is 37.6 Å². The number of aromatic nitrogens is 2. The molecule has 5 heteroatoms. The minimum absolute atomic E-state index is 0.0265. The van der Waals surface area contributed by atoms with Crippen molar-refractivity contribution >= 4 is 5.82 Å². The first-order valence-electron chi connectivity index (χ1n) is 7.69. The van der Waals surface area contributed by atoms with Gasteiger partial charge in [0.05, 0.1) is 0 Å². The molecule has 0 radical (unpaired) electrons. The molecule has 0 amide bonds.